The Morgan fingerprint density at radius 1 is 1.08 bits per heavy atom. The Bertz CT molecular complexity index is 768. The monoisotopic (exact) mass is 325 g/mol. The molecule has 0 aliphatic carbocycles. The summed E-state index contributed by atoms with van der Waals surface area (Å²) in [6, 6.07) is 14.1. The zero-order valence-corrected chi connectivity index (χ0v) is 13.3. The third-order valence-corrected chi connectivity index (χ3v) is 4.64. The lowest BCUT2D eigenvalue weighted by molar-refractivity contribution is -0.138. The second kappa shape index (κ2) is 6.17. The van der Waals surface area contributed by atoms with Crippen molar-refractivity contribution in [1.82, 2.24) is 0 Å². The lowest BCUT2D eigenvalue weighted by Gasteiger charge is -2.29. The van der Waals surface area contributed by atoms with E-state index >= 15 is 0 Å². The van der Waals surface area contributed by atoms with Crippen LogP contribution in [-0.2, 0) is 9.53 Å². The summed E-state index contributed by atoms with van der Waals surface area (Å²) < 4.78 is 10.9. The van der Waals surface area contributed by atoms with Gasteiger partial charge in [0, 0.05) is 24.3 Å². The first-order valence-corrected chi connectivity index (χ1v) is 8.15. The molecule has 24 heavy (non-hydrogen) atoms. The number of ether oxygens (including phenoxy) is 2. The summed E-state index contributed by atoms with van der Waals surface area (Å²) >= 11 is 0. The van der Waals surface area contributed by atoms with Gasteiger partial charge in [-0.15, -0.1) is 0 Å². The SMILES string of the molecule is O=C(O)C1COc2ccc(-c3cccc(N4CCOCC4)c3)cc21. The summed E-state index contributed by atoms with van der Waals surface area (Å²) in [5, 5.41) is 9.34. The number of anilines is 1. The highest BCUT2D eigenvalue weighted by Gasteiger charge is 2.30. The first kappa shape index (κ1) is 15.0. The van der Waals surface area contributed by atoms with Crippen molar-refractivity contribution in [2.24, 2.45) is 0 Å². The van der Waals surface area contributed by atoms with Crippen molar-refractivity contribution in [1.29, 1.82) is 0 Å². The van der Waals surface area contributed by atoms with Crippen molar-refractivity contribution < 1.29 is 19.4 Å². The van der Waals surface area contributed by atoms with Gasteiger partial charge in [0.25, 0.3) is 0 Å². The van der Waals surface area contributed by atoms with Crippen LogP contribution in [0.15, 0.2) is 42.5 Å². The molecule has 0 radical (unpaired) electrons. The Kier molecular flexibility index (Phi) is 3.86. The van der Waals surface area contributed by atoms with Crippen LogP contribution in [0.25, 0.3) is 11.1 Å². The summed E-state index contributed by atoms with van der Waals surface area (Å²) in [5.41, 5.74) is 4.03. The summed E-state index contributed by atoms with van der Waals surface area (Å²) in [6.45, 7) is 3.49. The van der Waals surface area contributed by atoms with E-state index in [-0.39, 0.29) is 6.61 Å². The third-order valence-electron chi connectivity index (χ3n) is 4.64. The van der Waals surface area contributed by atoms with E-state index in [0.717, 1.165) is 43.0 Å². The van der Waals surface area contributed by atoms with Crippen LogP contribution in [0.1, 0.15) is 11.5 Å². The molecule has 124 valence electrons. The Morgan fingerprint density at radius 3 is 2.67 bits per heavy atom. The highest BCUT2D eigenvalue weighted by atomic mass is 16.5. The van der Waals surface area contributed by atoms with Gasteiger partial charge in [0.05, 0.1) is 13.2 Å². The predicted molar refractivity (Wildman–Crippen MR) is 90.8 cm³/mol. The fourth-order valence-corrected chi connectivity index (χ4v) is 3.30. The van der Waals surface area contributed by atoms with Gasteiger partial charge < -0.3 is 19.5 Å². The maximum absolute atomic E-state index is 11.4. The van der Waals surface area contributed by atoms with Gasteiger partial charge >= 0.3 is 5.97 Å². The molecule has 5 heteroatoms. The van der Waals surface area contributed by atoms with Crippen LogP contribution >= 0.6 is 0 Å². The second-order valence-electron chi connectivity index (χ2n) is 6.10. The molecular formula is C19H19NO4. The molecule has 1 N–H and O–H groups in total. The molecule has 2 aliphatic rings. The summed E-state index contributed by atoms with van der Waals surface area (Å²) in [5.74, 6) is -0.745. The van der Waals surface area contributed by atoms with Gasteiger partial charge in [0.1, 0.15) is 18.3 Å². The van der Waals surface area contributed by atoms with Crippen molar-refractivity contribution in [2.45, 2.75) is 5.92 Å². The molecule has 1 atom stereocenters. The zero-order chi connectivity index (χ0) is 16.5. The van der Waals surface area contributed by atoms with Crippen molar-refractivity contribution in [3.8, 4) is 16.9 Å². The van der Waals surface area contributed by atoms with E-state index in [4.69, 9.17) is 9.47 Å². The third kappa shape index (κ3) is 2.71. The molecule has 2 aliphatic heterocycles. The van der Waals surface area contributed by atoms with E-state index in [9.17, 15) is 9.90 Å². The van der Waals surface area contributed by atoms with E-state index in [2.05, 4.69) is 23.1 Å². The molecular weight excluding hydrogens is 306 g/mol. The normalized spacial score (nSPS) is 19.7. The van der Waals surface area contributed by atoms with E-state index in [1.165, 1.54) is 5.69 Å². The molecule has 1 unspecified atom stereocenters. The van der Waals surface area contributed by atoms with Crippen LogP contribution in [0, 0.1) is 0 Å². The summed E-state index contributed by atoms with van der Waals surface area (Å²) in [4.78, 5) is 13.7. The first-order chi connectivity index (χ1) is 11.7. The molecule has 2 aromatic carbocycles. The molecule has 2 heterocycles. The standard InChI is InChI=1S/C19H19NO4/c21-19(22)17-12-24-18-5-4-14(11-16(17)18)13-2-1-3-15(10-13)20-6-8-23-9-7-20/h1-5,10-11,17H,6-9,12H2,(H,21,22). The minimum atomic E-state index is -0.840. The smallest absolute Gasteiger partial charge is 0.314 e. The minimum absolute atomic E-state index is 0.210. The maximum Gasteiger partial charge on any atom is 0.314 e. The van der Waals surface area contributed by atoms with Gasteiger partial charge in [-0.1, -0.05) is 18.2 Å². The highest BCUT2D eigenvalue weighted by molar-refractivity contribution is 5.80. The molecule has 0 saturated carbocycles. The van der Waals surface area contributed by atoms with Gasteiger partial charge in [-0.05, 0) is 35.4 Å². The molecule has 0 amide bonds. The average molecular weight is 325 g/mol. The Balaban J connectivity index is 1.67. The van der Waals surface area contributed by atoms with Gasteiger partial charge in [-0.25, -0.2) is 0 Å². The van der Waals surface area contributed by atoms with Crippen LogP contribution in [0.4, 0.5) is 5.69 Å². The topological polar surface area (TPSA) is 59.0 Å². The molecule has 1 fully saturated rings. The lowest BCUT2D eigenvalue weighted by atomic mass is 9.96. The number of hydrogen-bond donors (Lipinski definition) is 1. The van der Waals surface area contributed by atoms with E-state index in [1.54, 1.807) is 0 Å². The van der Waals surface area contributed by atoms with Crippen molar-refractivity contribution in [2.75, 3.05) is 37.8 Å². The van der Waals surface area contributed by atoms with Crippen LogP contribution < -0.4 is 9.64 Å². The van der Waals surface area contributed by atoms with E-state index < -0.39 is 11.9 Å². The fourth-order valence-electron chi connectivity index (χ4n) is 3.30. The number of carboxylic acid groups (broad SMARTS) is 1. The average Bonchev–Trinajstić information content (AvgIpc) is 3.06. The number of benzene rings is 2. The molecule has 4 rings (SSSR count). The highest BCUT2D eigenvalue weighted by Crippen LogP contribution is 2.37. The second-order valence-corrected chi connectivity index (χ2v) is 6.10. The van der Waals surface area contributed by atoms with Gasteiger partial charge in [0.15, 0.2) is 0 Å². The number of hydrogen-bond acceptors (Lipinski definition) is 4. The van der Waals surface area contributed by atoms with E-state index in [0.29, 0.717) is 5.75 Å². The first-order valence-electron chi connectivity index (χ1n) is 8.15. The summed E-state index contributed by atoms with van der Waals surface area (Å²) in [7, 11) is 0. The van der Waals surface area contributed by atoms with E-state index in [1.807, 2.05) is 24.3 Å². The van der Waals surface area contributed by atoms with Gasteiger partial charge in [-0.2, -0.15) is 0 Å². The van der Waals surface area contributed by atoms with Crippen molar-refractivity contribution >= 4 is 11.7 Å². The Labute approximate surface area is 140 Å². The van der Waals surface area contributed by atoms with Crippen LogP contribution in [-0.4, -0.2) is 44.0 Å². The number of rotatable bonds is 3. The molecule has 0 aromatic heterocycles. The largest absolute Gasteiger partial charge is 0.492 e. The molecule has 1 saturated heterocycles. The number of morpholine rings is 1. The molecule has 0 spiro atoms. The minimum Gasteiger partial charge on any atom is -0.492 e. The van der Waals surface area contributed by atoms with Crippen molar-refractivity contribution in [3.05, 3.63) is 48.0 Å². The number of carbonyl (C=O) groups is 1. The van der Waals surface area contributed by atoms with Gasteiger partial charge in [0.2, 0.25) is 0 Å². The lowest BCUT2D eigenvalue weighted by Crippen LogP contribution is -2.36. The number of aliphatic carboxylic acids is 1. The molecule has 5 nitrogen and oxygen atoms in total. The number of fused-ring (bicyclic) bond motifs is 1. The fraction of sp³-hybridized carbons (Fsp3) is 0.316. The van der Waals surface area contributed by atoms with Crippen LogP contribution in [0.5, 0.6) is 5.75 Å². The summed E-state index contributed by atoms with van der Waals surface area (Å²) in [6.07, 6.45) is 0. The van der Waals surface area contributed by atoms with Crippen LogP contribution in [0.3, 0.4) is 0 Å². The van der Waals surface area contributed by atoms with Gasteiger partial charge in [-0.3, -0.25) is 4.79 Å². The zero-order valence-electron chi connectivity index (χ0n) is 13.3. The molecule has 2 aromatic rings. The quantitative estimate of drug-likeness (QED) is 0.940. The van der Waals surface area contributed by atoms with Crippen molar-refractivity contribution in [3.63, 3.8) is 0 Å². The number of carboxylic acids is 1. The Morgan fingerprint density at radius 2 is 1.88 bits per heavy atom. The number of nitrogens with zero attached hydrogens (tertiary/aromatic N) is 1. The van der Waals surface area contributed by atoms with Crippen LogP contribution in [0.2, 0.25) is 0 Å². The Hall–Kier alpha value is -2.53. The predicted octanol–water partition coefficient (Wildman–Crippen LogP) is 2.75. The molecule has 0 bridgehead atoms. The maximum atomic E-state index is 11.4.